The molecular weight excluding hydrogens is 276 g/mol. The van der Waals surface area contributed by atoms with Gasteiger partial charge in [0.2, 0.25) is 0 Å². The normalized spacial score (nSPS) is 24.1. The number of fused-ring (bicyclic) bond motifs is 3. The molecule has 0 saturated carbocycles. The molecule has 92 valence electrons. The van der Waals surface area contributed by atoms with Gasteiger partial charge in [-0.3, -0.25) is 0 Å². The molecule has 17 heavy (non-hydrogen) atoms. The van der Waals surface area contributed by atoms with E-state index >= 15 is 0 Å². The van der Waals surface area contributed by atoms with Crippen LogP contribution in [0.2, 0.25) is 0 Å². The first-order chi connectivity index (χ1) is 8.34. The van der Waals surface area contributed by atoms with Crippen LogP contribution < -0.4 is 10.2 Å². The molecule has 1 atom stereocenters. The van der Waals surface area contributed by atoms with Gasteiger partial charge in [0, 0.05) is 23.6 Å². The molecular formula is C14H19BrN2. The first-order valence-electron chi connectivity index (χ1n) is 6.65. The second-order valence-corrected chi connectivity index (χ2v) is 6.01. The Morgan fingerprint density at radius 2 is 2.06 bits per heavy atom. The molecule has 0 radical (unpaired) electrons. The second kappa shape index (κ2) is 4.89. The first kappa shape index (κ1) is 11.4. The van der Waals surface area contributed by atoms with Gasteiger partial charge in [0.05, 0.1) is 11.4 Å². The summed E-state index contributed by atoms with van der Waals surface area (Å²) in [4.78, 5) is 2.62. The quantitative estimate of drug-likeness (QED) is 0.778. The number of rotatable bonds is 0. The van der Waals surface area contributed by atoms with Gasteiger partial charge in [-0.05, 0) is 31.0 Å². The van der Waals surface area contributed by atoms with E-state index in [0.717, 1.165) is 6.54 Å². The minimum Gasteiger partial charge on any atom is -0.381 e. The molecule has 2 aliphatic heterocycles. The fraction of sp³-hybridized carbons (Fsp3) is 0.571. The van der Waals surface area contributed by atoms with Crippen molar-refractivity contribution in [3.8, 4) is 0 Å². The molecule has 1 aromatic carbocycles. The topological polar surface area (TPSA) is 15.3 Å². The average molecular weight is 295 g/mol. The highest BCUT2D eigenvalue weighted by Gasteiger charge is 2.26. The van der Waals surface area contributed by atoms with Crippen molar-refractivity contribution in [1.29, 1.82) is 0 Å². The van der Waals surface area contributed by atoms with E-state index in [2.05, 4.69) is 44.3 Å². The summed E-state index contributed by atoms with van der Waals surface area (Å²) in [6.45, 7) is 2.32. The third-order valence-corrected chi connectivity index (χ3v) is 4.42. The number of hydrogen-bond acceptors (Lipinski definition) is 2. The number of benzene rings is 1. The molecule has 1 fully saturated rings. The minimum absolute atomic E-state index is 0.692. The van der Waals surface area contributed by atoms with Crippen molar-refractivity contribution in [3.05, 3.63) is 22.7 Å². The Bertz CT molecular complexity index is 405. The molecule has 1 aromatic rings. The van der Waals surface area contributed by atoms with Crippen LogP contribution in [0.3, 0.4) is 0 Å². The maximum absolute atomic E-state index is 3.59. The highest BCUT2D eigenvalue weighted by atomic mass is 79.9. The van der Waals surface area contributed by atoms with Crippen LogP contribution in [-0.2, 0) is 0 Å². The summed E-state index contributed by atoms with van der Waals surface area (Å²) in [7, 11) is 0. The van der Waals surface area contributed by atoms with Crippen LogP contribution in [0, 0.1) is 0 Å². The lowest BCUT2D eigenvalue weighted by atomic mass is 9.98. The van der Waals surface area contributed by atoms with Crippen LogP contribution in [0.25, 0.3) is 0 Å². The number of nitrogens with zero attached hydrogens (tertiary/aromatic N) is 1. The largest absolute Gasteiger partial charge is 0.381 e. The molecule has 1 unspecified atom stereocenters. The highest BCUT2D eigenvalue weighted by molar-refractivity contribution is 9.10. The van der Waals surface area contributed by atoms with Crippen molar-refractivity contribution in [2.45, 2.75) is 38.1 Å². The van der Waals surface area contributed by atoms with E-state index in [0.29, 0.717) is 6.04 Å². The number of nitrogens with one attached hydrogen (secondary N) is 1. The number of hydrogen-bond donors (Lipinski definition) is 1. The lowest BCUT2D eigenvalue weighted by Gasteiger charge is -2.41. The maximum atomic E-state index is 3.59. The van der Waals surface area contributed by atoms with Crippen LogP contribution in [-0.4, -0.2) is 19.1 Å². The van der Waals surface area contributed by atoms with Gasteiger partial charge < -0.3 is 10.2 Å². The van der Waals surface area contributed by atoms with E-state index in [1.54, 1.807) is 0 Å². The molecule has 2 nitrogen and oxygen atoms in total. The van der Waals surface area contributed by atoms with Crippen LogP contribution in [0.15, 0.2) is 22.7 Å². The van der Waals surface area contributed by atoms with E-state index in [1.807, 2.05) is 0 Å². The van der Waals surface area contributed by atoms with Crippen molar-refractivity contribution in [2.75, 3.05) is 23.3 Å². The van der Waals surface area contributed by atoms with Crippen molar-refractivity contribution in [3.63, 3.8) is 0 Å². The van der Waals surface area contributed by atoms with E-state index in [4.69, 9.17) is 0 Å². The summed E-state index contributed by atoms with van der Waals surface area (Å²) in [6, 6.07) is 7.26. The van der Waals surface area contributed by atoms with E-state index < -0.39 is 0 Å². The fourth-order valence-electron chi connectivity index (χ4n) is 3.00. The lowest BCUT2D eigenvalue weighted by Crippen LogP contribution is -2.45. The third kappa shape index (κ3) is 2.30. The molecule has 2 heterocycles. The SMILES string of the molecule is Brc1ccc2c(c1)N1CCCCCCC1CN2. The predicted octanol–water partition coefficient (Wildman–Crippen LogP) is 4.01. The van der Waals surface area contributed by atoms with Gasteiger partial charge >= 0.3 is 0 Å². The lowest BCUT2D eigenvalue weighted by molar-refractivity contribution is 0.472. The molecule has 0 amide bonds. The van der Waals surface area contributed by atoms with Crippen LogP contribution in [0.4, 0.5) is 11.4 Å². The molecule has 0 spiro atoms. The van der Waals surface area contributed by atoms with Gasteiger partial charge in [0.1, 0.15) is 0 Å². The number of halogens is 1. The maximum Gasteiger partial charge on any atom is 0.0616 e. The second-order valence-electron chi connectivity index (χ2n) is 5.09. The predicted molar refractivity (Wildman–Crippen MR) is 76.9 cm³/mol. The van der Waals surface area contributed by atoms with E-state index in [1.165, 1.54) is 54.5 Å². The number of anilines is 2. The zero-order chi connectivity index (χ0) is 11.7. The molecule has 0 aliphatic carbocycles. The Hall–Kier alpha value is -0.700. The van der Waals surface area contributed by atoms with Crippen LogP contribution in [0.5, 0.6) is 0 Å². The smallest absolute Gasteiger partial charge is 0.0616 e. The molecule has 0 bridgehead atoms. The molecule has 1 N–H and O–H groups in total. The zero-order valence-corrected chi connectivity index (χ0v) is 11.7. The van der Waals surface area contributed by atoms with Gasteiger partial charge in [-0.15, -0.1) is 0 Å². The summed E-state index contributed by atoms with van der Waals surface area (Å²) in [6.07, 6.45) is 6.85. The Labute approximate surface area is 112 Å². The van der Waals surface area contributed by atoms with Crippen molar-refractivity contribution < 1.29 is 0 Å². The summed E-state index contributed by atoms with van der Waals surface area (Å²) in [5.74, 6) is 0. The van der Waals surface area contributed by atoms with Crippen LogP contribution >= 0.6 is 15.9 Å². The highest BCUT2D eigenvalue weighted by Crippen LogP contribution is 2.36. The Kier molecular flexibility index (Phi) is 3.28. The van der Waals surface area contributed by atoms with Gasteiger partial charge in [-0.25, -0.2) is 0 Å². The molecule has 2 aliphatic rings. The summed E-state index contributed by atoms with van der Waals surface area (Å²) in [5.41, 5.74) is 2.68. The molecule has 1 saturated heterocycles. The average Bonchev–Trinajstić information content (AvgIpc) is 2.29. The van der Waals surface area contributed by atoms with Gasteiger partial charge in [-0.1, -0.05) is 35.2 Å². The summed E-state index contributed by atoms with van der Waals surface area (Å²) < 4.78 is 1.18. The first-order valence-corrected chi connectivity index (χ1v) is 7.44. The molecule has 3 heteroatoms. The zero-order valence-electron chi connectivity index (χ0n) is 10.1. The minimum atomic E-state index is 0.692. The van der Waals surface area contributed by atoms with Crippen molar-refractivity contribution in [2.24, 2.45) is 0 Å². The van der Waals surface area contributed by atoms with Gasteiger partial charge in [0.25, 0.3) is 0 Å². The fourth-order valence-corrected chi connectivity index (χ4v) is 3.35. The Morgan fingerprint density at radius 1 is 1.18 bits per heavy atom. The standard InChI is InChI=1S/C14H19BrN2/c15-11-6-7-13-14(9-11)17-8-4-2-1-3-5-12(17)10-16-13/h6-7,9,12,16H,1-5,8,10H2. The molecule has 3 rings (SSSR count). The van der Waals surface area contributed by atoms with E-state index in [-0.39, 0.29) is 0 Å². The van der Waals surface area contributed by atoms with Crippen molar-refractivity contribution >= 4 is 27.3 Å². The van der Waals surface area contributed by atoms with Gasteiger partial charge in [0.15, 0.2) is 0 Å². The third-order valence-electron chi connectivity index (χ3n) is 3.92. The Balaban J connectivity index is 1.93. The molecule has 0 aromatic heterocycles. The van der Waals surface area contributed by atoms with Gasteiger partial charge in [-0.2, -0.15) is 0 Å². The summed E-state index contributed by atoms with van der Waals surface area (Å²) in [5, 5.41) is 3.57. The van der Waals surface area contributed by atoms with Crippen LogP contribution in [0.1, 0.15) is 32.1 Å². The summed E-state index contributed by atoms with van der Waals surface area (Å²) >= 11 is 3.59. The van der Waals surface area contributed by atoms with Crippen molar-refractivity contribution in [1.82, 2.24) is 0 Å². The Morgan fingerprint density at radius 3 is 3.00 bits per heavy atom. The van der Waals surface area contributed by atoms with E-state index in [9.17, 15) is 0 Å². The monoisotopic (exact) mass is 294 g/mol.